The van der Waals surface area contributed by atoms with Crippen LogP contribution >= 0.6 is 7.82 Å². The third-order valence-electron chi connectivity index (χ3n) is 6.52. The van der Waals surface area contributed by atoms with Gasteiger partial charge in [0, 0.05) is 23.7 Å². The van der Waals surface area contributed by atoms with E-state index < -0.39 is 56.9 Å². The summed E-state index contributed by atoms with van der Waals surface area (Å²) >= 11 is 0. The maximum Gasteiger partial charge on any atom is 0.530 e. The van der Waals surface area contributed by atoms with Gasteiger partial charge < -0.3 is 19.5 Å². The van der Waals surface area contributed by atoms with E-state index in [-0.39, 0.29) is 23.0 Å². The smallest absolute Gasteiger partial charge is 0.403 e. The molecule has 38 heavy (non-hydrogen) atoms. The number of phosphoric ester groups is 1. The normalized spacial score (nSPS) is 27.7. The van der Waals surface area contributed by atoms with E-state index in [1.54, 1.807) is 0 Å². The van der Waals surface area contributed by atoms with Crippen LogP contribution in [-0.2, 0) is 42.4 Å². The summed E-state index contributed by atoms with van der Waals surface area (Å²) in [5, 5.41) is 19.7. The van der Waals surface area contributed by atoms with Crippen LogP contribution < -0.4 is 15.8 Å². The zero-order valence-electron chi connectivity index (χ0n) is 22.2. The molecule has 0 saturated carbocycles. The highest BCUT2D eigenvalue weighted by atomic mass is 31.2. The van der Waals surface area contributed by atoms with E-state index in [0.29, 0.717) is 11.3 Å². The third kappa shape index (κ3) is 5.66. The topological polar surface area (TPSA) is 149 Å². The number of H-pyrrole nitrogens is 1. The number of benzene rings is 1. The molecule has 1 aromatic heterocycles. The summed E-state index contributed by atoms with van der Waals surface area (Å²) in [4.78, 5) is 25.9. The van der Waals surface area contributed by atoms with E-state index in [0.717, 1.165) is 21.9 Å². The molecule has 0 amide bonds. The van der Waals surface area contributed by atoms with Crippen LogP contribution in [0.2, 0.25) is 0 Å². The lowest BCUT2D eigenvalue weighted by Crippen LogP contribution is -2.37. The van der Waals surface area contributed by atoms with Gasteiger partial charge in [0.1, 0.15) is 18.5 Å². The minimum Gasteiger partial charge on any atom is -0.403 e. The zero-order valence-corrected chi connectivity index (χ0v) is 23.1. The summed E-state index contributed by atoms with van der Waals surface area (Å²) in [6.45, 7) is 10.5. The monoisotopic (exact) mass is 556 g/mol. The summed E-state index contributed by atoms with van der Waals surface area (Å²) in [6, 6.07) is 3.92. The summed E-state index contributed by atoms with van der Waals surface area (Å²) in [7, 11) is -4.28. The number of nitrogens with one attached hydrogen (secondary N) is 1. The highest BCUT2D eigenvalue weighted by molar-refractivity contribution is 7.49. The Kier molecular flexibility index (Phi) is 7.31. The molecule has 3 heterocycles. The first-order valence-corrected chi connectivity index (χ1v) is 13.7. The second-order valence-electron chi connectivity index (χ2n) is 11.7. The van der Waals surface area contributed by atoms with Crippen molar-refractivity contribution in [2.24, 2.45) is 0 Å². The molecule has 1 fully saturated rings. The van der Waals surface area contributed by atoms with Crippen LogP contribution in [0, 0.1) is 0 Å². The first-order valence-electron chi connectivity index (χ1n) is 12.2. The van der Waals surface area contributed by atoms with Gasteiger partial charge in [0.15, 0.2) is 6.23 Å². The number of aliphatic hydroxyl groups excluding tert-OH is 2. The molecule has 1 aromatic carbocycles. The Morgan fingerprint density at radius 2 is 1.89 bits per heavy atom. The number of alkyl halides is 1. The molecule has 13 heteroatoms. The van der Waals surface area contributed by atoms with Gasteiger partial charge in [-0.2, -0.15) is 0 Å². The molecule has 0 spiro atoms. The number of ether oxygens (including phenoxy) is 1. The number of phosphoric acid groups is 1. The number of hydrogen-bond donors (Lipinski definition) is 3. The number of halogens is 1. The maximum absolute atomic E-state index is 15.6. The summed E-state index contributed by atoms with van der Waals surface area (Å²) in [5.41, 5.74) is 0.0523. The van der Waals surface area contributed by atoms with Gasteiger partial charge in [-0.25, -0.2) is 13.8 Å². The van der Waals surface area contributed by atoms with Crippen molar-refractivity contribution < 1.29 is 37.5 Å². The van der Waals surface area contributed by atoms with E-state index in [1.165, 1.54) is 0 Å². The van der Waals surface area contributed by atoms with Gasteiger partial charge in [0.2, 0.25) is 5.85 Å². The minimum atomic E-state index is -4.28. The van der Waals surface area contributed by atoms with Crippen LogP contribution in [0.3, 0.4) is 0 Å². The fourth-order valence-electron chi connectivity index (χ4n) is 4.34. The standard InChI is InChI=1S/C25H34FN2O9P/c1-23(2,3)16-7-14-12-34-38(33,37-19(14)17(8-16)24(4,5)6)35-13-25(26)9-18(30)21(36-25)28-10-15(11-29)20(31)27-22(28)32/h7-8,10,18,21,29-30H,9,11-13H2,1-6H3,(H,27,31,32)/t18-,21-,25+,38?/m1/s1. The van der Waals surface area contributed by atoms with E-state index in [4.69, 9.17) is 18.3 Å². The van der Waals surface area contributed by atoms with Crippen molar-refractivity contribution in [2.45, 2.75) is 90.2 Å². The van der Waals surface area contributed by atoms with E-state index in [9.17, 15) is 24.4 Å². The number of rotatable bonds is 5. The number of nitrogens with zero attached hydrogens (tertiary/aromatic N) is 1. The van der Waals surface area contributed by atoms with Crippen LogP contribution in [0.4, 0.5) is 4.39 Å². The SMILES string of the molecule is CC(C)(C)c1cc2c(c(C(C)(C)C)c1)OP(=O)(OC[C@]1(F)C[C@@H](O)[C@H](n3cc(CO)c(=O)[nH]c3=O)O1)OC2. The van der Waals surface area contributed by atoms with Crippen LogP contribution in [0.15, 0.2) is 27.9 Å². The zero-order chi connectivity index (χ0) is 28.3. The summed E-state index contributed by atoms with van der Waals surface area (Å²) < 4.78 is 51.6. The van der Waals surface area contributed by atoms with Gasteiger partial charge in [-0.15, -0.1) is 0 Å². The molecule has 2 aromatic rings. The van der Waals surface area contributed by atoms with Crippen LogP contribution in [-0.4, -0.2) is 38.3 Å². The second-order valence-corrected chi connectivity index (χ2v) is 13.3. The highest BCUT2D eigenvalue weighted by Crippen LogP contribution is 2.58. The van der Waals surface area contributed by atoms with Gasteiger partial charge in [-0.05, 0) is 22.5 Å². The van der Waals surface area contributed by atoms with Crippen LogP contribution in [0.5, 0.6) is 5.75 Å². The van der Waals surface area contributed by atoms with Crippen LogP contribution in [0.1, 0.15) is 76.4 Å². The van der Waals surface area contributed by atoms with E-state index in [1.807, 2.05) is 37.9 Å². The highest BCUT2D eigenvalue weighted by Gasteiger charge is 2.50. The summed E-state index contributed by atoms with van der Waals surface area (Å²) in [5.74, 6) is -2.30. The van der Waals surface area contributed by atoms with Gasteiger partial charge in [-0.3, -0.25) is 23.4 Å². The number of aliphatic hydroxyl groups is 2. The minimum absolute atomic E-state index is 0.0816. The molecule has 210 valence electrons. The molecule has 2 aliphatic heterocycles. The van der Waals surface area contributed by atoms with Crippen LogP contribution in [0.25, 0.3) is 0 Å². The number of aromatic amines is 1. The lowest BCUT2D eigenvalue weighted by molar-refractivity contribution is -0.179. The Labute approximate surface area is 219 Å². The largest absolute Gasteiger partial charge is 0.530 e. The summed E-state index contributed by atoms with van der Waals surface area (Å²) in [6.07, 6.45) is -2.70. The fourth-order valence-corrected chi connectivity index (χ4v) is 5.61. The molecule has 11 nitrogen and oxygen atoms in total. The molecular weight excluding hydrogens is 522 g/mol. The van der Waals surface area contributed by atoms with Crippen molar-refractivity contribution in [3.8, 4) is 5.75 Å². The van der Waals surface area contributed by atoms with Crippen molar-refractivity contribution in [1.82, 2.24) is 9.55 Å². The Bertz CT molecular complexity index is 1390. The Morgan fingerprint density at radius 1 is 1.21 bits per heavy atom. The Balaban J connectivity index is 1.55. The number of hydrogen-bond acceptors (Lipinski definition) is 9. The predicted molar refractivity (Wildman–Crippen MR) is 135 cm³/mol. The fraction of sp³-hybridized carbons (Fsp3) is 0.600. The second kappa shape index (κ2) is 9.69. The van der Waals surface area contributed by atoms with Crippen molar-refractivity contribution in [1.29, 1.82) is 0 Å². The van der Waals surface area contributed by atoms with Gasteiger partial charge in [-0.1, -0.05) is 47.6 Å². The third-order valence-corrected chi connectivity index (χ3v) is 7.82. The molecule has 2 aliphatic rings. The van der Waals surface area contributed by atoms with Gasteiger partial charge >= 0.3 is 13.5 Å². The average Bonchev–Trinajstić information content (AvgIpc) is 3.10. The molecular formula is C25H34FN2O9P. The van der Waals surface area contributed by atoms with Crippen molar-refractivity contribution >= 4 is 7.82 Å². The molecule has 4 atom stereocenters. The van der Waals surface area contributed by atoms with E-state index >= 15 is 4.39 Å². The molecule has 0 bridgehead atoms. The average molecular weight is 557 g/mol. The maximum atomic E-state index is 15.6. The molecule has 0 radical (unpaired) electrons. The molecule has 1 saturated heterocycles. The number of fused-ring (bicyclic) bond motifs is 1. The number of aromatic nitrogens is 2. The van der Waals surface area contributed by atoms with Crippen molar-refractivity contribution in [3.05, 3.63) is 61.4 Å². The first kappa shape index (κ1) is 28.7. The molecule has 3 N–H and O–H groups in total. The van der Waals surface area contributed by atoms with Crippen molar-refractivity contribution in [2.75, 3.05) is 6.61 Å². The van der Waals surface area contributed by atoms with Gasteiger partial charge in [0.25, 0.3) is 5.56 Å². The quantitative estimate of drug-likeness (QED) is 0.472. The predicted octanol–water partition coefficient (Wildman–Crippen LogP) is 3.30. The van der Waals surface area contributed by atoms with Gasteiger partial charge in [0.05, 0.1) is 18.8 Å². The Hall–Kier alpha value is -2.34. The van der Waals surface area contributed by atoms with Crippen molar-refractivity contribution in [3.63, 3.8) is 0 Å². The molecule has 4 rings (SSSR count). The lowest BCUT2D eigenvalue weighted by Gasteiger charge is -2.33. The Morgan fingerprint density at radius 3 is 2.50 bits per heavy atom. The molecule has 0 aliphatic carbocycles. The molecule has 1 unspecified atom stereocenters. The first-order chi connectivity index (χ1) is 17.4. The van der Waals surface area contributed by atoms with E-state index in [2.05, 4.69) is 20.8 Å². The lowest BCUT2D eigenvalue weighted by atomic mass is 9.79.